The van der Waals surface area contributed by atoms with Crippen LogP contribution in [0.3, 0.4) is 0 Å². The number of nitrogens with zero attached hydrogens (tertiary/aromatic N) is 3. The highest BCUT2D eigenvalue weighted by Gasteiger charge is 2.39. The smallest absolute Gasteiger partial charge is 0.255 e. The molecule has 242 valence electrons. The number of hydrogen-bond donors (Lipinski definition) is 2. The number of carbonyl (C=O) groups is 3. The largest absolute Gasteiger partial charge is 0.488 e. The van der Waals surface area contributed by atoms with E-state index in [0.717, 1.165) is 0 Å². The summed E-state index contributed by atoms with van der Waals surface area (Å²) in [5.74, 6) is -1.98. The summed E-state index contributed by atoms with van der Waals surface area (Å²) in [7, 11) is 0.0998. The summed E-state index contributed by atoms with van der Waals surface area (Å²) in [4.78, 5) is 41.0. The number of rotatable bonds is 8. The maximum atomic E-state index is 15.3. The van der Waals surface area contributed by atoms with Crippen LogP contribution in [0.4, 0.5) is 14.5 Å². The normalized spacial score (nSPS) is 19.9. The number of aliphatic hydroxyl groups is 1. The lowest BCUT2D eigenvalue weighted by Gasteiger charge is -2.37. The Bertz CT molecular complexity index is 1760. The van der Waals surface area contributed by atoms with Crippen LogP contribution in [0.25, 0.3) is 0 Å². The molecule has 2 N–H and O–H groups in total. The number of nitrogens with one attached hydrogen (secondary N) is 1. The fraction of sp³-hybridized carbons (Fsp3) is 0.371. The van der Waals surface area contributed by atoms with Gasteiger partial charge in [0.15, 0.2) is 0 Å². The highest BCUT2D eigenvalue weighted by atomic mass is 28.2. The molecule has 3 atom stereocenters. The number of halogens is 2. The van der Waals surface area contributed by atoms with Gasteiger partial charge in [-0.05, 0) is 66.8 Å². The van der Waals surface area contributed by atoms with Gasteiger partial charge < -0.3 is 19.6 Å². The minimum atomic E-state index is -0.727. The molecule has 0 spiro atoms. The van der Waals surface area contributed by atoms with E-state index in [1.54, 1.807) is 42.5 Å². The Labute approximate surface area is 273 Å². The Morgan fingerprint density at radius 1 is 1.09 bits per heavy atom. The molecular weight excluding hydrogens is 622 g/mol. The number of anilines is 1. The Balaban J connectivity index is 1.07. The van der Waals surface area contributed by atoms with Crippen molar-refractivity contribution < 1.29 is 33.0 Å². The van der Waals surface area contributed by atoms with Gasteiger partial charge in [0, 0.05) is 42.1 Å². The molecule has 2 saturated heterocycles. The summed E-state index contributed by atoms with van der Waals surface area (Å²) in [5.41, 5.74) is 1.99. The number of fused-ring (bicyclic) bond motifs is 1. The van der Waals surface area contributed by atoms with Crippen molar-refractivity contribution >= 4 is 32.9 Å². The van der Waals surface area contributed by atoms with Gasteiger partial charge in [-0.3, -0.25) is 19.7 Å². The molecule has 2 fully saturated rings. The maximum absolute atomic E-state index is 15.3. The summed E-state index contributed by atoms with van der Waals surface area (Å²) < 4.78 is 35.9. The van der Waals surface area contributed by atoms with Crippen LogP contribution in [0, 0.1) is 28.9 Å². The lowest BCUT2D eigenvalue weighted by Crippen LogP contribution is -2.49. The zero-order valence-electron chi connectivity index (χ0n) is 25.8. The van der Waals surface area contributed by atoms with Crippen LogP contribution in [0.15, 0.2) is 54.6 Å². The van der Waals surface area contributed by atoms with Crippen molar-refractivity contribution in [2.75, 3.05) is 18.0 Å². The molecule has 0 aliphatic carbocycles. The Morgan fingerprint density at radius 2 is 1.87 bits per heavy atom. The van der Waals surface area contributed by atoms with Crippen LogP contribution in [-0.4, -0.2) is 62.1 Å². The van der Waals surface area contributed by atoms with Gasteiger partial charge in [-0.15, -0.1) is 0 Å². The molecule has 0 aromatic heterocycles. The summed E-state index contributed by atoms with van der Waals surface area (Å²) in [5, 5.41) is 22.6. The first-order chi connectivity index (χ1) is 22.6. The average molecular weight is 657 g/mol. The number of benzene rings is 3. The van der Waals surface area contributed by atoms with Crippen molar-refractivity contribution in [2.24, 2.45) is 5.92 Å². The fourth-order valence-corrected chi connectivity index (χ4v) is 7.98. The molecule has 3 amide bonds. The highest BCUT2D eigenvalue weighted by molar-refractivity contribution is 6.46. The van der Waals surface area contributed by atoms with Gasteiger partial charge in [-0.2, -0.15) is 5.26 Å². The van der Waals surface area contributed by atoms with E-state index in [-0.39, 0.29) is 58.3 Å². The minimum Gasteiger partial charge on any atom is -0.488 e. The average Bonchev–Trinajstić information content (AvgIpc) is 3.31. The van der Waals surface area contributed by atoms with Crippen molar-refractivity contribution in [3.63, 3.8) is 0 Å². The van der Waals surface area contributed by atoms with E-state index in [9.17, 15) is 23.9 Å². The standard InChI is InChI=1S/C35H34F2N4O5Si/c1-20(32(43)22-9-12-40(13-10-22)29-8-5-21(17-38)15-28(29)37)23-6-7-24(27(36)16-23)19-46-30-4-2-3-25-26(30)18-41(34(25)45)35-33(44)39-31(42)11-14-47-35/h2-8,15-16,20,22,32,35,43H,9-14,18-19H2,1H3,(H,39,42,44)/t20?,32-,35-/m0/s1. The third-order valence-corrected chi connectivity index (χ3v) is 10.9. The van der Waals surface area contributed by atoms with Crippen LogP contribution in [0.5, 0.6) is 5.75 Å². The third kappa shape index (κ3) is 6.64. The van der Waals surface area contributed by atoms with Crippen molar-refractivity contribution in [1.82, 2.24) is 10.2 Å². The molecule has 2 radical (unpaired) electrons. The van der Waals surface area contributed by atoms with Crippen molar-refractivity contribution in [2.45, 2.75) is 63.1 Å². The van der Waals surface area contributed by atoms with Gasteiger partial charge in [0.1, 0.15) is 24.0 Å². The first-order valence-corrected chi connectivity index (χ1v) is 17.0. The van der Waals surface area contributed by atoms with Gasteiger partial charge in [0.2, 0.25) is 11.8 Å². The second kappa shape index (κ2) is 13.6. The lowest BCUT2D eigenvalue weighted by atomic mass is 9.81. The van der Waals surface area contributed by atoms with Gasteiger partial charge in [0.05, 0.1) is 45.2 Å². The predicted molar refractivity (Wildman–Crippen MR) is 170 cm³/mol. The topological polar surface area (TPSA) is 123 Å². The van der Waals surface area contributed by atoms with Gasteiger partial charge in [-0.1, -0.05) is 25.1 Å². The first-order valence-electron chi connectivity index (χ1n) is 15.7. The van der Waals surface area contributed by atoms with E-state index in [1.807, 2.05) is 17.9 Å². The zero-order chi connectivity index (χ0) is 33.2. The molecule has 0 bridgehead atoms. The van der Waals surface area contributed by atoms with E-state index in [4.69, 9.17) is 10.00 Å². The molecule has 3 heterocycles. The summed E-state index contributed by atoms with van der Waals surface area (Å²) in [6, 6.07) is 16.8. The van der Waals surface area contributed by atoms with Crippen LogP contribution in [0.2, 0.25) is 6.04 Å². The maximum Gasteiger partial charge on any atom is 0.255 e. The van der Waals surface area contributed by atoms with Gasteiger partial charge in [0.25, 0.3) is 5.91 Å². The van der Waals surface area contributed by atoms with Crippen LogP contribution >= 0.6 is 0 Å². The fourth-order valence-electron chi connectivity index (χ4n) is 6.64. The Kier molecular flexibility index (Phi) is 9.38. The number of ether oxygens (including phenoxy) is 1. The van der Waals surface area contributed by atoms with E-state index >= 15 is 4.39 Å². The first kappa shape index (κ1) is 32.3. The molecule has 47 heavy (non-hydrogen) atoms. The predicted octanol–water partition coefficient (Wildman–Crippen LogP) is 4.25. The molecular formula is C35H34F2N4O5Si. The number of hydrogen-bond acceptors (Lipinski definition) is 7. The number of piperidine rings is 1. The van der Waals surface area contributed by atoms with Crippen LogP contribution < -0.4 is 15.0 Å². The van der Waals surface area contributed by atoms with Crippen LogP contribution in [0.1, 0.15) is 64.7 Å². The quantitative estimate of drug-likeness (QED) is 0.275. The number of nitriles is 1. The highest BCUT2D eigenvalue weighted by Crippen LogP contribution is 2.35. The molecule has 3 aliphatic rings. The van der Waals surface area contributed by atoms with E-state index in [2.05, 4.69) is 5.32 Å². The number of aliphatic hydroxyl groups excluding tert-OH is 1. The summed E-state index contributed by atoms with van der Waals surface area (Å²) in [6.45, 7) is 3.05. The van der Waals surface area contributed by atoms with Gasteiger partial charge in [-0.25, -0.2) is 8.78 Å². The van der Waals surface area contributed by atoms with E-state index in [1.165, 1.54) is 17.0 Å². The van der Waals surface area contributed by atoms with Crippen molar-refractivity contribution in [3.05, 3.63) is 94.0 Å². The second-order valence-corrected chi connectivity index (χ2v) is 13.7. The van der Waals surface area contributed by atoms with E-state index in [0.29, 0.717) is 65.7 Å². The molecule has 6 rings (SSSR count). The number of amides is 3. The van der Waals surface area contributed by atoms with Gasteiger partial charge >= 0.3 is 0 Å². The minimum absolute atomic E-state index is 0.0405. The molecule has 1 unspecified atom stereocenters. The molecule has 3 aromatic carbocycles. The van der Waals surface area contributed by atoms with Crippen molar-refractivity contribution in [1.29, 1.82) is 5.26 Å². The Morgan fingerprint density at radius 3 is 2.60 bits per heavy atom. The molecule has 0 saturated carbocycles. The number of carbonyl (C=O) groups excluding carboxylic acids is 3. The van der Waals surface area contributed by atoms with Crippen molar-refractivity contribution in [3.8, 4) is 11.8 Å². The molecule has 3 aromatic rings. The van der Waals surface area contributed by atoms with E-state index < -0.39 is 29.3 Å². The van der Waals surface area contributed by atoms with Crippen LogP contribution in [-0.2, 0) is 22.7 Å². The monoisotopic (exact) mass is 656 g/mol. The molecule has 3 aliphatic heterocycles. The SMILES string of the molecule is CC(c1ccc(COc2cccc3c2CN([C@H]2[Si]CCC(=O)NC2=O)C3=O)c(F)c1)[C@H](O)C1CCN(c2ccc(C#N)cc2F)CC1. The summed E-state index contributed by atoms with van der Waals surface area (Å²) in [6.07, 6.45) is 0.815. The summed E-state index contributed by atoms with van der Waals surface area (Å²) >= 11 is 0. The molecule has 9 nitrogen and oxygen atoms in total. The molecule has 12 heteroatoms. The zero-order valence-corrected chi connectivity index (χ0v) is 26.8. The lowest BCUT2D eigenvalue weighted by molar-refractivity contribution is -0.131. The third-order valence-electron chi connectivity index (χ3n) is 9.40. The number of imide groups is 1. The second-order valence-electron chi connectivity index (χ2n) is 12.3. The Hall–Kier alpha value is -4.60.